The van der Waals surface area contributed by atoms with Gasteiger partial charge in [-0.1, -0.05) is 42.1 Å². The number of hydrogen-bond donors (Lipinski definition) is 5. The maximum absolute atomic E-state index is 9.91. The van der Waals surface area contributed by atoms with Crippen LogP contribution >= 0.6 is 11.8 Å². The van der Waals surface area contributed by atoms with Gasteiger partial charge in [0.2, 0.25) is 0 Å². The van der Waals surface area contributed by atoms with Gasteiger partial charge in [0.25, 0.3) is 0 Å². The topological polar surface area (TPSA) is 105 Å². The molecule has 0 saturated carbocycles. The molecule has 0 fully saturated rings. The molecular formula is C12H16N2O4S. The van der Waals surface area contributed by atoms with Gasteiger partial charge in [-0.05, 0) is 0 Å². The average Bonchev–Trinajstić information content (AvgIpc) is 2.95. The number of hydrazone groups is 1. The lowest BCUT2D eigenvalue weighted by molar-refractivity contribution is -0.0779. The second kappa shape index (κ2) is 6.36. The first-order valence-electron chi connectivity index (χ1n) is 5.84. The van der Waals surface area contributed by atoms with Crippen molar-refractivity contribution in [2.45, 2.75) is 23.7 Å². The van der Waals surface area contributed by atoms with Gasteiger partial charge < -0.3 is 20.4 Å². The van der Waals surface area contributed by atoms with E-state index in [0.717, 1.165) is 5.56 Å². The molecule has 1 aromatic rings. The maximum Gasteiger partial charge on any atom is 0.125 e. The van der Waals surface area contributed by atoms with Crippen LogP contribution in [-0.2, 0) is 0 Å². The summed E-state index contributed by atoms with van der Waals surface area (Å²) in [4.78, 5) is 0. The van der Waals surface area contributed by atoms with E-state index in [1.165, 1.54) is 11.8 Å². The van der Waals surface area contributed by atoms with Crippen LogP contribution in [0.2, 0.25) is 0 Å². The van der Waals surface area contributed by atoms with Crippen molar-refractivity contribution in [1.29, 1.82) is 0 Å². The maximum atomic E-state index is 9.91. The summed E-state index contributed by atoms with van der Waals surface area (Å²) in [6.07, 6.45) is -4.05. The van der Waals surface area contributed by atoms with Crippen LogP contribution in [0.4, 0.5) is 0 Å². The summed E-state index contributed by atoms with van der Waals surface area (Å²) < 4.78 is 0. The second-order valence-corrected chi connectivity index (χ2v) is 5.31. The molecule has 0 bridgehead atoms. The van der Waals surface area contributed by atoms with Gasteiger partial charge in [0.15, 0.2) is 0 Å². The third-order valence-corrected chi connectivity index (χ3v) is 3.98. The van der Waals surface area contributed by atoms with Crippen LogP contribution in [0.3, 0.4) is 0 Å². The van der Waals surface area contributed by atoms with Crippen LogP contribution in [0, 0.1) is 0 Å². The number of hydrogen-bond acceptors (Lipinski definition) is 7. The lowest BCUT2D eigenvalue weighted by atomic mass is 10.1. The molecule has 7 heteroatoms. The molecule has 0 amide bonds. The van der Waals surface area contributed by atoms with Crippen molar-refractivity contribution >= 4 is 16.8 Å². The van der Waals surface area contributed by atoms with Gasteiger partial charge in [-0.2, -0.15) is 5.10 Å². The Morgan fingerprint density at radius 2 is 1.89 bits per heavy atom. The molecule has 2 rings (SSSR count). The number of aliphatic hydroxyl groups excluding tert-OH is 4. The Kier molecular flexibility index (Phi) is 4.78. The monoisotopic (exact) mass is 284 g/mol. The van der Waals surface area contributed by atoms with Gasteiger partial charge in [0, 0.05) is 5.56 Å². The molecule has 4 atom stereocenters. The zero-order valence-electron chi connectivity index (χ0n) is 10.0. The van der Waals surface area contributed by atoms with E-state index in [-0.39, 0.29) is 0 Å². The van der Waals surface area contributed by atoms with Crippen molar-refractivity contribution in [3.05, 3.63) is 35.9 Å². The molecule has 5 N–H and O–H groups in total. The number of thioether (sulfide) groups is 1. The van der Waals surface area contributed by atoms with Gasteiger partial charge in [0.05, 0.1) is 6.61 Å². The zero-order chi connectivity index (χ0) is 13.8. The van der Waals surface area contributed by atoms with Crippen LogP contribution in [0.15, 0.2) is 35.4 Å². The minimum absolute atomic E-state index is 0.564. The smallest absolute Gasteiger partial charge is 0.125 e. The fraction of sp³-hybridized carbons (Fsp3) is 0.417. The molecule has 0 unspecified atom stereocenters. The third kappa shape index (κ3) is 3.26. The van der Waals surface area contributed by atoms with E-state index in [0.29, 0.717) is 5.04 Å². The molecule has 0 radical (unpaired) electrons. The predicted octanol–water partition coefficient (Wildman–Crippen LogP) is -0.914. The quantitative estimate of drug-likeness (QED) is 0.479. The molecule has 1 aliphatic rings. The summed E-state index contributed by atoms with van der Waals surface area (Å²) >= 11 is 1.26. The molecule has 0 aliphatic carbocycles. The first-order valence-corrected chi connectivity index (χ1v) is 6.72. The number of aliphatic hydroxyl groups is 4. The Hall–Kier alpha value is -1.12. The van der Waals surface area contributed by atoms with Crippen LogP contribution in [0.25, 0.3) is 0 Å². The van der Waals surface area contributed by atoms with E-state index in [2.05, 4.69) is 10.5 Å². The predicted molar refractivity (Wildman–Crippen MR) is 72.6 cm³/mol. The Bertz CT molecular complexity index is 443. The van der Waals surface area contributed by atoms with E-state index in [9.17, 15) is 15.3 Å². The minimum Gasteiger partial charge on any atom is -0.394 e. The number of nitrogens with zero attached hydrogens (tertiary/aromatic N) is 1. The lowest BCUT2D eigenvalue weighted by Crippen LogP contribution is -2.47. The normalized spacial score (nSPS) is 23.4. The molecule has 1 aromatic carbocycles. The summed E-state index contributed by atoms with van der Waals surface area (Å²) in [6, 6.07) is 9.44. The second-order valence-electron chi connectivity index (χ2n) is 4.18. The fourth-order valence-electron chi connectivity index (χ4n) is 1.67. The Labute approximate surface area is 114 Å². The largest absolute Gasteiger partial charge is 0.394 e. The van der Waals surface area contributed by atoms with E-state index in [4.69, 9.17) is 5.11 Å². The lowest BCUT2D eigenvalue weighted by Gasteiger charge is -2.25. The van der Waals surface area contributed by atoms with Crippen molar-refractivity contribution in [3.8, 4) is 0 Å². The highest BCUT2D eigenvalue weighted by Crippen LogP contribution is 2.26. The average molecular weight is 284 g/mol. The molecule has 6 nitrogen and oxygen atoms in total. The van der Waals surface area contributed by atoms with Crippen molar-refractivity contribution in [1.82, 2.24) is 5.43 Å². The van der Waals surface area contributed by atoms with Gasteiger partial charge in [-0.25, -0.2) is 0 Å². The Morgan fingerprint density at radius 1 is 1.21 bits per heavy atom. The SMILES string of the molecule is OC[C@@H](O)[C@H](O)[C@@H](O)[C@@H]1NN=C(c2ccccc2)S1. The Balaban J connectivity index is 1.97. The van der Waals surface area contributed by atoms with Gasteiger partial charge in [-0.15, -0.1) is 0 Å². The van der Waals surface area contributed by atoms with Crippen LogP contribution in [0.1, 0.15) is 5.56 Å². The minimum atomic E-state index is -1.43. The molecule has 104 valence electrons. The van der Waals surface area contributed by atoms with E-state index in [1.54, 1.807) is 0 Å². The summed E-state index contributed by atoms with van der Waals surface area (Å²) in [6.45, 7) is -0.609. The standard InChI is InChI=1S/C12H16N2O4S/c15-6-8(16)9(17)10(18)12-14-13-11(19-12)7-4-2-1-3-5-7/h1-5,8-10,12,14-18H,6H2/t8-,9+,10-,12-/m1/s1. The van der Waals surface area contributed by atoms with E-state index in [1.807, 2.05) is 30.3 Å². The summed E-state index contributed by atoms with van der Waals surface area (Å²) in [7, 11) is 0. The van der Waals surface area contributed by atoms with Gasteiger partial charge in [-0.3, -0.25) is 5.43 Å². The summed E-state index contributed by atoms with van der Waals surface area (Å²) in [5.41, 5.74) is 3.62. The van der Waals surface area contributed by atoms with Gasteiger partial charge in [0.1, 0.15) is 28.7 Å². The van der Waals surface area contributed by atoms with Crippen molar-refractivity contribution in [2.24, 2.45) is 5.10 Å². The molecule has 19 heavy (non-hydrogen) atoms. The summed E-state index contributed by atoms with van der Waals surface area (Å²) in [5.74, 6) is 0. The highest BCUT2D eigenvalue weighted by Gasteiger charge is 2.35. The number of nitrogens with one attached hydrogen (secondary N) is 1. The molecule has 1 aliphatic heterocycles. The number of benzene rings is 1. The molecular weight excluding hydrogens is 268 g/mol. The first kappa shape index (κ1) is 14.3. The third-order valence-electron chi connectivity index (χ3n) is 2.79. The molecule has 0 saturated heterocycles. The van der Waals surface area contributed by atoms with Crippen LogP contribution in [0.5, 0.6) is 0 Å². The summed E-state index contributed by atoms with van der Waals surface area (Å²) in [5, 5.41) is 41.8. The van der Waals surface area contributed by atoms with E-state index < -0.39 is 30.3 Å². The van der Waals surface area contributed by atoms with Gasteiger partial charge >= 0.3 is 0 Å². The zero-order valence-corrected chi connectivity index (χ0v) is 10.9. The first-order chi connectivity index (χ1) is 9.13. The van der Waals surface area contributed by atoms with Crippen molar-refractivity contribution in [3.63, 3.8) is 0 Å². The van der Waals surface area contributed by atoms with E-state index >= 15 is 0 Å². The Morgan fingerprint density at radius 3 is 2.53 bits per heavy atom. The fourth-order valence-corrected chi connectivity index (χ4v) is 2.69. The number of rotatable bonds is 5. The molecule has 0 aromatic heterocycles. The van der Waals surface area contributed by atoms with Crippen LogP contribution in [-0.4, -0.2) is 55.8 Å². The van der Waals surface area contributed by atoms with Crippen LogP contribution < -0.4 is 5.43 Å². The highest BCUT2D eigenvalue weighted by molar-refractivity contribution is 8.15. The van der Waals surface area contributed by atoms with Crippen molar-refractivity contribution in [2.75, 3.05) is 6.61 Å². The molecule has 0 spiro atoms. The molecule has 1 heterocycles. The van der Waals surface area contributed by atoms with Crippen molar-refractivity contribution < 1.29 is 20.4 Å². The highest BCUT2D eigenvalue weighted by atomic mass is 32.2.